The normalized spacial score (nSPS) is 13.3. The third-order valence-corrected chi connectivity index (χ3v) is 3.42. The molecular formula is C15H19N3O3. The molecule has 1 aromatic heterocycles. The summed E-state index contributed by atoms with van der Waals surface area (Å²) in [5.41, 5.74) is 6.24. The van der Waals surface area contributed by atoms with E-state index in [0.29, 0.717) is 24.4 Å². The maximum Gasteiger partial charge on any atom is 0.289 e. The van der Waals surface area contributed by atoms with Gasteiger partial charge in [0.25, 0.3) is 5.91 Å². The number of nitrogens with zero attached hydrogens (tertiary/aromatic N) is 2. The van der Waals surface area contributed by atoms with Crippen LogP contribution in [0, 0.1) is 5.92 Å². The van der Waals surface area contributed by atoms with Crippen molar-refractivity contribution in [1.82, 2.24) is 4.90 Å². The molecule has 0 aliphatic rings. The van der Waals surface area contributed by atoms with Crippen molar-refractivity contribution in [3.8, 4) is 0 Å². The number of benzene rings is 1. The first-order valence-electron chi connectivity index (χ1n) is 6.82. The maximum atomic E-state index is 12.5. The Kier molecular flexibility index (Phi) is 4.47. The number of hydrogen-bond donors (Lipinski definition) is 2. The van der Waals surface area contributed by atoms with Gasteiger partial charge in [0.15, 0.2) is 5.76 Å². The monoisotopic (exact) mass is 289 g/mol. The Balaban J connectivity index is 2.19. The molecule has 0 spiro atoms. The van der Waals surface area contributed by atoms with E-state index in [1.54, 1.807) is 17.9 Å². The number of carbonyl (C=O) groups excluding carboxylic acids is 1. The summed E-state index contributed by atoms with van der Waals surface area (Å²) in [6.07, 6.45) is 0. The molecule has 0 aliphatic carbocycles. The summed E-state index contributed by atoms with van der Waals surface area (Å²) in [7, 11) is 0. The minimum atomic E-state index is -0.233. The third kappa shape index (κ3) is 3.16. The van der Waals surface area contributed by atoms with Crippen molar-refractivity contribution in [1.29, 1.82) is 0 Å². The van der Waals surface area contributed by atoms with Gasteiger partial charge in [-0.1, -0.05) is 30.3 Å². The van der Waals surface area contributed by atoms with Gasteiger partial charge in [-0.15, -0.1) is 0 Å². The summed E-state index contributed by atoms with van der Waals surface area (Å²) in [5.74, 6) is -0.0369. The van der Waals surface area contributed by atoms with Crippen LogP contribution in [0.4, 0.5) is 0 Å². The van der Waals surface area contributed by atoms with Crippen molar-refractivity contribution in [2.45, 2.75) is 13.8 Å². The van der Waals surface area contributed by atoms with Gasteiger partial charge in [-0.2, -0.15) is 0 Å². The predicted molar refractivity (Wildman–Crippen MR) is 80.4 cm³/mol. The van der Waals surface area contributed by atoms with Gasteiger partial charge in [0.1, 0.15) is 11.4 Å². The van der Waals surface area contributed by atoms with Crippen LogP contribution in [0.25, 0.3) is 11.0 Å². The summed E-state index contributed by atoms with van der Waals surface area (Å²) >= 11 is 0. The Morgan fingerprint density at radius 3 is 2.81 bits per heavy atom. The van der Waals surface area contributed by atoms with Crippen LogP contribution in [0.15, 0.2) is 39.9 Å². The zero-order valence-corrected chi connectivity index (χ0v) is 12.1. The first-order chi connectivity index (χ1) is 10.1. The lowest BCUT2D eigenvalue weighted by atomic mass is 10.1. The van der Waals surface area contributed by atoms with Crippen LogP contribution in [0.2, 0.25) is 0 Å². The quantitative estimate of drug-likeness (QED) is 0.382. The van der Waals surface area contributed by atoms with Gasteiger partial charge in [0, 0.05) is 24.4 Å². The highest BCUT2D eigenvalue weighted by molar-refractivity contribution is 5.96. The largest absolute Gasteiger partial charge is 0.451 e. The Morgan fingerprint density at radius 2 is 2.19 bits per heavy atom. The van der Waals surface area contributed by atoms with Crippen molar-refractivity contribution in [3.05, 3.63) is 36.1 Å². The number of oxime groups is 1. The second-order valence-corrected chi connectivity index (χ2v) is 4.92. The van der Waals surface area contributed by atoms with E-state index in [0.717, 1.165) is 5.39 Å². The highest BCUT2D eigenvalue weighted by Gasteiger charge is 2.21. The second-order valence-electron chi connectivity index (χ2n) is 4.92. The van der Waals surface area contributed by atoms with E-state index in [1.165, 1.54) is 0 Å². The van der Waals surface area contributed by atoms with Gasteiger partial charge in [-0.05, 0) is 19.1 Å². The predicted octanol–water partition coefficient (Wildman–Crippen LogP) is 2.28. The van der Waals surface area contributed by atoms with Crippen LogP contribution < -0.4 is 5.73 Å². The SMILES string of the molecule is CCN(CC(C)C(N)=NO)C(=O)c1cc2ccccc2o1. The summed E-state index contributed by atoms with van der Waals surface area (Å²) in [6, 6.07) is 9.20. The standard InChI is InChI=1S/C15H19N3O3/c1-3-18(9-10(2)14(16)17-20)15(19)13-8-11-6-4-5-7-12(11)21-13/h4-8,10,20H,3,9H2,1-2H3,(H2,16,17). The fraction of sp³-hybridized carbons (Fsp3) is 0.333. The molecule has 0 saturated heterocycles. The number of furan rings is 1. The summed E-state index contributed by atoms with van der Waals surface area (Å²) in [6.45, 7) is 4.55. The molecule has 21 heavy (non-hydrogen) atoms. The summed E-state index contributed by atoms with van der Waals surface area (Å²) in [5, 5.41) is 12.5. The molecular weight excluding hydrogens is 270 g/mol. The smallest absolute Gasteiger partial charge is 0.289 e. The zero-order chi connectivity index (χ0) is 15.4. The molecule has 112 valence electrons. The molecule has 3 N–H and O–H groups in total. The molecule has 1 atom stereocenters. The van der Waals surface area contributed by atoms with E-state index in [9.17, 15) is 4.79 Å². The van der Waals surface area contributed by atoms with Gasteiger partial charge >= 0.3 is 0 Å². The lowest BCUT2D eigenvalue weighted by Crippen LogP contribution is -2.38. The molecule has 1 aromatic carbocycles. The average Bonchev–Trinajstić information content (AvgIpc) is 2.94. The van der Waals surface area contributed by atoms with Crippen LogP contribution in [0.3, 0.4) is 0 Å². The molecule has 6 heteroatoms. The Labute approximate surface area is 122 Å². The van der Waals surface area contributed by atoms with E-state index in [1.807, 2.05) is 31.2 Å². The lowest BCUT2D eigenvalue weighted by molar-refractivity contribution is 0.0724. The van der Waals surface area contributed by atoms with E-state index < -0.39 is 0 Å². The van der Waals surface area contributed by atoms with Crippen molar-refractivity contribution in [2.24, 2.45) is 16.8 Å². The maximum absolute atomic E-state index is 12.5. The molecule has 0 fully saturated rings. The molecule has 0 aliphatic heterocycles. The third-order valence-electron chi connectivity index (χ3n) is 3.42. The van der Waals surface area contributed by atoms with Crippen molar-refractivity contribution in [2.75, 3.05) is 13.1 Å². The second kappa shape index (κ2) is 6.30. The van der Waals surface area contributed by atoms with Crippen molar-refractivity contribution >= 4 is 22.7 Å². The number of amides is 1. The number of nitrogens with two attached hydrogens (primary N) is 1. The Morgan fingerprint density at radius 1 is 1.48 bits per heavy atom. The molecule has 0 bridgehead atoms. The molecule has 0 saturated carbocycles. The molecule has 2 aromatic rings. The number of hydrogen-bond acceptors (Lipinski definition) is 4. The summed E-state index contributed by atoms with van der Waals surface area (Å²) in [4.78, 5) is 14.1. The zero-order valence-electron chi connectivity index (χ0n) is 12.1. The lowest BCUT2D eigenvalue weighted by Gasteiger charge is -2.22. The van der Waals surface area contributed by atoms with Gasteiger partial charge in [-0.25, -0.2) is 0 Å². The fourth-order valence-corrected chi connectivity index (χ4v) is 2.12. The highest BCUT2D eigenvalue weighted by atomic mass is 16.4. The number of amidine groups is 1. The Bertz CT molecular complexity index is 630. The van der Waals surface area contributed by atoms with Gasteiger partial charge in [0.05, 0.1) is 0 Å². The number of fused-ring (bicyclic) bond motifs is 1. The highest BCUT2D eigenvalue weighted by Crippen LogP contribution is 2.20. The average molecular weight is 289 g/mol. The minimum Gasteiger partial charge on any atom is -0.451 e. The van der Waals surface area contributed by atoms with Crippen LogP contribution in [-0.2, 0) is 0 Å². The van der Waals surface area contributed by atoms with E-state index >= 15 is 0 Å². The van der Waals surface area contributed by atoms with Gasteiger partial charge in [0.2, 0.25) is 0 Å². The van der Waals surface area contributed by atoms with Gasteiger partial charge in [-0.3, -0.25) is 4.79 Å². The van der Waals surface area contributed by atoms with Crippen LogP contribution in [-0.4, -0.2) is 34.9 Å². The molecule has 6 nitrogen and oxygen atoms in total. The fourth-order valence-electron chi connectivity index (χ4n) is 2.12. The molecule has 1 unspecified atom stereocenters. The van der Waals surface area contributed by atoms with Crippen molar-refractivity contribution < 1.29 is 14.4 Å². The molecule has 1 heterocycles. The Hall–Kier alpha value is -2.50. The van der Waals surface area contributed by atoms with E-state index in [2.05, 4.69) is 5.16 Å². The summed E-state index contributed by atoms with van der Waals surface area (Å²) < 4.78 is 5.58. The van der Waals surface area contributed by atoms with E-state index in [-0.39, 0.29) is 17.7 Å². The molecule has 1 amide bonds. The number of carbonyl (C=O) groups is 1. The molecule has 2 rings (SSSR count). The first-order valence-corrected chi connectivity index (χ1v) is 6.82. The first kappa shape index (κ1) is 14.9. The van der Waals surface area contributed by atoms with E-state index in [4.69, 9.17) is 15.4 Å². The van der Waals surface area contributed by atoms with Crippen LogP contribution >= 0.6 is 0 Å². The number of rotatable bonds is 5. The van der Waals surface area contributed by atoms with Crippen LogP contribution in [0.1, 0.15) is 24.4 Å². The minimum absolute atomic E-state index is 0.103. The van der Waals surface area contributed by atoms with Gasteiger partial charge < -0.3 is 20.3 Å². The van der Waals surface area contributed by atoms with Crippen LogP contribution in [0.5, 0.6) is 0 Å². The number of para-hydroxylation sites is 1. The molecule has 0 radical (unpaired) electrons. The van der Waals surface area contributed by atoms with Crippen molar-refractivity contribution in [3.63, 3.8) is 0 Å². The topological polar surface area (TPSA) is 92.1 Å².